The van der Waals surface area contributed by atoms with Crippen LogP contribution in [0.15, 0.2) is 0 Å². The summed E-state index contributed by atoms with van der Waals surface area (Å²) in [6.45, 7) is 1.63. The number of aliphatic hydroxyl groups excluding tert-OH is 1. The van der Waals surface area contributed by atoms with Crippen LogP contribution in [0.4, 0.5) is 0 Å². The van der Waals surface area contributed by atoms with Crippen LogP contribution in [0.1, 0.15) is 0 Å². The average Bonchev–Trinajstić information content (AvgIpc) is 2.34. The lowest BCUT2D eigenvalue weighted by Crippen LogP contribution is -2.17. The molecule has 52 valence electrons. The number of ether oxygens (including phenoxy) is 2. The Morgan fingerprint density at radius 2 is 2.11 bits per heavy atom. The molecule has 1 aliphatic rings. The van der Waals surface area contributed by atoms with E-state index in [9.17, 15) is 0 Å². The highest BCUT2D eigenvalue weighted by atomic mass is 16.7. The molecule has 0 aliphatic carbocycles. The van der Waals surface area contributed by atoms with E-state index in [1.165, 1.54) is 0 Å². The number of hydrogen-bond acceptors (Lipinski definition) is 3. The molecule has 1 rings (SSSR count). The van der Waals surface area contributed by atoms with Crippen molar-refractivity contribution >= 4 is 7.28 Å². The molecule has 0 spiro atoms. The zero-order valence-corrected chi connectivity index (χ0v) is 5.38. The fourth-order valence-electron chi connectivity index (χ4n) is 0.832. The first kappa shape index (κ1) is 7.06. The Balaban J connectivity index is 1.98. The standard InChI is InChI=1S/C5H11BO3/c7-2-1-6-5-8-3-4-9-5/h5-7H,1-4H2. The van der Waals surface area contributed by atoms with Crippen LogP contribution >= 0.6 is 0 Å². The lowest BCUT2D eigenvalue weighted by molar-refractivity contribution is 0.0232. The molecule has 0 amide bonds. The van der Waals surface area contributed by atoms with Crippen molar-refractivity contribution in [2.45, 2.75) is 12.5 Å². The minimum Gasteiger partial charge on any atom is -0.397 e. The van der Waals surface area contributed by atoms with Crippen molar-refractivity contribution in [1.82, 2.24) is 0 Å². The first-order valence-electron chi connectivity index (χ1n) is 3.27. The summed E-state index contributed by atoms with van der Waals surface area (Å²) in [5, 5.41) is 8.42. The van der Waals surface area contributed by atoms with Crippen molar-refractivity contribution < 1.29 is 14.6 Å². The third kappa shape index (κ3) is 2.34. The van der Waals surface area contributed by atoms with Crippen molar-refractivity contribution in [3.8, 4) is 0 Å². The molecule has 0 bridgehead atoms. The third-order valence-corrected chi connectivity index (χ3v) is 1.29. The van der Waals surface area contributed by atoms with Gasteiger partial charge in [0.2, 0.25) is 0 Å². The van der Waals surface area contributed by atoms with E-state index in [4.69, 9.17) is 14.6 Å². The number of rotatable bonds is 3. The van der Waals surface area contributed by atoms with E-state index in [0.29, 0.717) is 13.2 Å². The average molecular weight is 130 g/mol. The molecular formula is C5H11BO3. The summed E-state index contributed by atoms with van der Waals surface area (Å²) in [7, 11) is 0.816. The minimum atomic E-state index is -0.0443. The molecule has 0 radical (unpaired) electrons. The third-order valence-electron chi connectivity index (χ3n) is 1.29. The minimum absolute atomic E-state index is 0.0443. The van der Waals surface area contributed by atoms with Gasteiger partial charge in [-0.3, -0.25) is 0 Å². The first-order valence-corrected chi connectivity index (χ1v) is 3.27. The van der Waals surface area contributed by atoms with Gasteiger partial charge in [0, 0.05) is 6.61 Å². The van der Waals surface area contributed by atoms with Gasteiger partial charge in [0.1, 0.15) is 6.19 Å². The summed E-state index contributed by atoms with van der Waals surface area (Å²) in [4.78, 5) is 0. The molecule has 9 heavy (non-hydrogen) atoms. The summed E-state index contributed by atoms with van der Waals surface area (Å²) in [6, 6.07) is 0. The van der Waals surface area contributed by atoms with Crippen molar-refractivity contribution in [2.75, 3.05) is 19.8 Å². The van der Waals surface area contributed by atoms with Gasteiger partial charge in [0.05, 0.1) is 13.2 Å². The first-order chi connectivity index (χ1) is 4.43. The summed E-state index contributed by atoms with van der Waals surface area (Å²) in [6.07, 6.45) is 0.724. The van der Waals surface area contributed by atoms with E-state index in [1.54, 1.807) is 0 Å². The fourth-order valence-corrected chi connectivity index (χ4v) is 0.832. The summed E-state index contributed by atoms with van der Waals surface area (Å²) in [5.74, 6) is 0. The van der Waals surface area contributed by atoms with Crippen molar-refractivity contribution in [3.05, 3.63) is 0 Å². The Hall–Kier alpha value is -0.0551. The zero-order chi connectivity index (χ0) is 6.53. The van der Waals surface area contributed by atoms with E-state index in [2.05, 4.69) is 0 Å². The van der Waals surface area contributed by atoms with Gasteiger partial charge < -0.3 is 14.6 Å². The highest BCUT2D eigenvalue weighted by Gasteiger charge is 2.15. The number of aliphatic hydroxyl groups is 1. The monoisotopic (exact) mass is 130 g/mol. The van der Waals surface area contributed by atoms with E-state index in [0.717, 1.165) is 13.6 Å². The SMILES string of the molecule is OCCBC1OCCO1. The second-order valence-electron chi connectivity index (χ2n) is 2.04. The van der Waals surface area contributed by atoms with Crippen LogP contribution < -0.4 is 0 Å². The summed E-state index contributed by atoms with van der Waals surface area (Å²) < 4.78 is 10.2. The van der Waals surface area contributed by atoms with Crippen LogP contribution in [0.3, 0.4) is 0 Å². The predicted molar refractivity (Wildman–Crippen MR) is 34.7 cm³/mol. The predicted octanol–water partition coefficient (Wildman–Crippen LogP) is -0.836. The largest absolute Gasteiger partial charge is 0.397 e. The molecule has 3 nitrogen and oxygen atoms in total. The van der Waals surface area contributed by atoms with E-state index in [-0.39, 0.29) is 12.8 Å². The molecule has 1 saturated heterocycles. The molecule has 4 heteroatoms. The smallest absolute Gasteiger partial charge is 0.195 e. The van der Waals surface area contributed by atoms with Crippen LogP contribution in [0, 0.1) is 0 Å². The van der Waals surface area contributed by atoms with Gasteiger partial charge >= 0.3 is 0 Å². The summed E-state index contributed by atoms with van der Waals surface area (Å²) in [5.41, 5.74) is 0. The van der Waals surface area contributed by atoms with Crippen LogP contribution in [-0.2, 0) is 9.47 Å². The van der Waals surface area contributed by atoms with Gasteiger partial charge in [-0.2, -0.15) is 0 Å². The highest BCUT2D eigenvalue weighted by Crippen LogP contribution is 2.02. The summed E-state index contributed by atoms with van der Waals surface area (Å²) >= 11 is 0. The highest BCUT2D eigenvalue weighted by molar-refractivity contribution is 6.36. The maximum atomic E-state index is 8.42. The molecule has 0 unspecified atom stereocenters. The molecule has 1 fully saturated rings. The Morgan fingerprint density at radius 3 is 2.67 bits per heavy atom. The molecule has 1 aliphatic heterocycles. The Kier molecular flexibility index (Phi) is 3.04. The molecule has 0 atom stereocenters. The zero-order valence-electron chi connectivity index (χ0n) is 5.38. The van der Waals surface area contributed by atoms with Crippen LogP contribution in [0.2, 0.25) is 6.32 Å². The fraction of sp³-hybridized carbons (Fsp3) is 1.00. The van der Waals surface area contributed by atoms with Crippen LogP contribution in [0.25, 0.3) is 0 Å². The molecule has 0 aromatic heterocycles. The second-order valence-corrected chi connectivity index (χ2v) is 2.04. The van der Waals surface area contributed by atoms with Crippen LogP contribution in [-0.4, -0.2) is 38.4 Å². The Labute approximate surface area is 55.2 Å². The lowest BCUT2D eigenvalue weighted by atomic mass is 9.74. The van der Waals surface area contributed by atoms with Crippen molar-refractivity contribution in [1.29, 1.82) is 0 Å². The topological polar surface area (TPSA) is 38.7 Å². The van der Waals surface area contributed by atoms with Gasteiger partial charge in [-0.25, -0.2) is 0 Å². The van der Waals surface area contributed by atoms with Gasteiger partial charge in [0.15, 0.2) is 7.28 Å². The molecule has 0 aromatic carbocycles. The second kappa shape index (κ2) is 3.87. The normalized spacial score (nSPS) is 20.6. The van der Waals surface area contributed by atoms with Gasteiger partial charge in [0.25, 0.3) is 0 Å². The molecule has 1 heterocycles. The van der Waals surface area contributed by atoms with Gasteiger partial charge in [-0.1, -0.05) is 0 Å². The Morgan fingerprint density at radius 1 is 1.44 bits per heavy atom. The van der Waals surface area contributed by atoms with Gasteiger partial charge in [-0.05, 0) is 6.32 Å². The van der Waals surface area contributed by atoms with E-state index < -0.39 is 0 Å². The molecule has 1 N–H and O–H groups in total. The van der Waals surface area contributed by atoms with Gasteiger partial charge in [-0.15, -0.1) is 0 Å². The van der Waals surface area contributed by atoms with Crippen molar-refractivity contribution in [2.24, 2.45) is 0 Å². The lowest BCUT2D eigenvalue weighted by Gasteiger charge is -2.04. The van der Waals surface area contributed by atoms with E-state index in [1.807, 2.05) is 0 Å². The quantitative estimate of drug-likeness (QED) is 0.506. The molecule has 0 saturated carbocycles. The Bertz CT molecular complexity index is 72.6. The maximum Gasteiger partial charge on any atom is 0.195 e. The molecule has 0 aromatic rings. The van der Waals surface area contributed by atoms with Crippen LogP contribution in [0.5, 0.6) is 0 Å². The number of hydrogen-bond donors (Lipinski definition) is 1. The maximum absolute atomic E-state index is 8.42. The van der Waals surface area contributed by atoms with E-state index >= 15 is 0 Å². The molecular weight excluding hydrogens is 119 g/mol. The van der Waals surface area contributed by atoms with Crippen molar-refractivity contribution in [3.63, 3.8) is 0 Å².